The van der Waals surface area contributed by atoms with E-state index in [1.165, 1.54) is 19.3 Å². The van der Waals surface area contributed by atoms with E-state index in [0.29, 0.717) is 27.9 Å². The molecule has 0 saturated carbocycles. The molecule has 1 fully saturated rings. The third-order valence-electron chi connectivity index (χ3n) is 3.38. The van der Waals surface area contributed by atoms with Gasteiger partial charge in [-0.15, -0.1) is 0 Å². The van der Waals surface area contributed by atoms with E-state index >= 15 is 0 Å². The van der Waals surface area contributed by atoms with Gasteiger partial charge in [-0.05, 0) is 54.0 Å². The van der Waals surface area contributed by atoms with E-state index in [-0.39, 0.29) is 0 Å². The van der Waals surface area contributed by atoms with Crippen molar-refractivity contribution in [1.29, 1.82) is 0 Å². The lowest BCUT2D eigenvalue weighted by atomic mass is 10.1. The number of thiocarbonyl (C=S) groups is 1. The first-order valence-electron chi connectivity index (χ1n) is 6.72. The second-order valence-corrected chi connectivity index (χ2v) is 6.61. The number of hydrogen-bond acceptors (Lipinski definition) is 3. The van der Waals surface area contributed by atoms with Crippen LogP contribution in [0.5, 0.6) is 5.75 Å². The van der Waals surface area contributed by atoms with Gasteiger partial charge in [0.2, 0.25) is 0 Å². The van der Waals surface area contributed by atoms with Crippen molar-refractivity contribution >= 4 is 44.7 Å². The molecule has 1 aromatic carbocycles. The molecule has 3 nitrogen and oxygen atoms in total. The Morgan fingerprint density at radius 1 is 1.35 bits per heavy atom. The van der Waals surface area contributed by atoms with Gasteiger partial charge in [0.1, 0.15) is 17.3 Å². The Bertz CT molecular complexity index is 492. The van der Waals surface area contributed by atoms with Crippen molar-refractivity contribution in [2.24, 2.45) is 5.73 Å². The van der Waals surface area contributed by atoms with Crippen molar-refractivity contribution in [1.82, 2.24) is 4.90 Å². The minimum Gasteiger partial charge on any atom is -0.490 e. The van der Waals surface area contributed by atoms with Crippen LogP contribution in [-0.2, 0) is 0 Å². The molecule has 2 rings (SSSR count). The maximum absolute atomic E-state index is 6.01. The van der Waals surface area contributed by atoms with Crippen molar-refractivity contribution in [3.05, 3.63) is 27.2 Å². The summed E-state index contributed by atoms with van der Waals surface area (Å²) < 4.78 is 6.66. The van der Waals surface area contributed by atoms with Crippen molar-refractivity contribution in [2.75, 3.05) is 26.2 Å². The molecule has 0 atom stereocenters. The highest BCUT2D eigenvalue weighted by Crippen LogP contribution is 2.32. The predicted octanol–water partition coefficient (Wildman–Crippen LogP) is 3.60. The minimum absolute atomic E-state index is 0.293. The molecule has 1 saturated heterocycles. The number of benzene rings is 1. The predicted molar refractivity (Wildman–Crippen MR) is 90.8 cm³/mol. The molecule has 0 aliphatic carbocycles. The third kappa shape index (κ3) is 4.32. The smallest absolute Gasteiger partial charge is 0.143 e. The van der Waals surface area contributed by atoms with Crippen LogP contribution < -0.4 is 10.5 Å². The Kier molecular flexibility index (Phi) is 6.08. The molecule has 1 aliphatic rings. The number of piperidine rings is 1. The molecular formula is C14H18BrClN2OS. The number of rotatable bonds is 5. The minimum atomic E-state index is 0.293. The zero-order chi connectivity index (χ0) is 14.5. The molecule has 1 aliphatic heterocycles. The van der Waals surface area contributed by atoms with Crippen molar-refractivity contribution in [3.8, 4) is 5.75 Å². The van der Waals surface area contributed by atoms with Gasteiger partial charge < -0.3 is 10.5 Å². The quantitative estimate of drug-likeness (QED) is 0.796. The molecule has 0 amide bonds. The van der Waals surface area contributed by atoms with E-state index in [9.17, 15) is 0 Å². The van der Waals surface area contributed by atoms with Crippen LogP contribution >= 0.6 is 39.7 Å². The molecule has 6 heteroatoms. The van der Waals surface area contributed by atoms with Crippen LogP contribution in [0.2, 0.25) is 5.02 Å². The Labute approximate surface area is 138 Å². The Hall–Kier alpha value is -0.360. The summed E-state index contributed by atoms with van der Waals surface area (Å²) in [4.78, 5) is 2.72. The molecule has 2 N–H and O–H groups in total. The van der Waals surface area contributed by atoms with Crippen molar-refractivity contribution in [3.63, 3.8) is 0 Å². The topological polar surface area (TPSA) is 38.5 Å². The highest BCUT2D eigenvalue weighted by Gasteiger charge is 2.14. The molecule has 0 radical (unpaired) electrons. The standard InChI is InChI=1S/C14H18BrClN2OS/c15-12-9-10(16)8-11(14(17)20)13(12)19-7-6-18-4-2-1-3-5-18/h8-9H,1-7H2,(H2,17,20). The van der Waals surface area contributed by atoms with Crippen molar-refractivity contribution < 1.29 is 4.74 Å². The lowest BCUT2D eigenvalue weighted by Crippen LogP contribution is -2.33. The van der Waals surface area contributed by atoms with Crippen LogP contribution in [-0.4, -0.2) is 36.1 Å². The zero-order valence-electron chi connectivity index (χ0n) is 11.2. The van der Waals surface area contributed by atoms with Gasteiger partial charge in [0, 0.05) is 11.6 Å². The maximum Gasteiger partial charge on any atom is 0.143 e. The van der Waals surface area contributed by atoms with Gasteiger partial charge in [-0.2, -0.15) is 0 Å². The van der Waals surface area contributed by atoms with Gasteiger partial charge in [0.15, 0.2) is 0 Å². The monoisotopic (exact) mass is 376 g/mol. The lowest BCUT2D eigenvalue weighted by Gasteiger charge is -2.26. The molecule has 0 unspecified atom stereocenters. The average molecular weight is 378 g/mol. The zero-order valence-corrected chi connectivity index (χ0v) is 14.4. The van der Waals surface area contributed by atoms with E-state index in [4.69, 9.17) is 34.3 Å². The fourth-order valence-electron chi connectivity index (χ4n) is 2.35. The lowest BCUT2D eigenvalue weighted by molar-refractivity contribution is 0.183. The van der Waals surface area contributed by atoms with Crippen LogP contribution in [0.25, 0.3) is 0 Å². The van der Waals surface area contributed by atoms with Gasteiger partial charge in [0.05, 0.1) is 10.0 Å². The van der Waals surface area contributed by atoms with Gasteiger partial charge in [-0.3, -0.25) is 4.90 Å². The summed E-state index contributed by atoms with van der Waals surface area (Å²) in [7, 11) is 0. The van der Waals surface area contributed by atoms with Gasteiger partial charge in [-0.1, -0.05) is 30.2 Å². The number of hydrogen-bond donors (Lipinski definition) is 1. The van der Waals surface area contributed by atoms with E-state index in [1.807, 2.05) is 0 Å². The Morgan fingerprint density at radius 3 is 2.70 bits per heavy atom. The summed E-state index contributed by atoms with van der Waals surface area (Å²) in [5.41, 5.74) is 6.41. The number of nitrogens with zero attached hydrogens (tertiary/aromatic N) is 1. The summed E-state index contributed by atoms with van der Waals surface area (Å²) >= 11 is 14.5. The third-order valence-corrected chi connectivity index (χ3v) is 4.40. The van der Waals surface area contributed by atoms with Gasteiger partial charge >= 0.3 is 0 Å². The van der Waals surface area contributed by atoms with Crippen LogP contribution in [0.1, 0.15) is 24.8 Å². The Balaban J connectivity index is 1.99. The molecule has 20 heavy (non-hydrogen) atoms. The number of halogens is 2. The number of nitrogens with two attached hydrogens (primary N) is 1. The second kappa shape index (κ2) is 7.59. The largest absolute Gasteiger partial charge is 0.490 e. The van der Waals surface area contributed by atoms with E-state index in [0.717, 1.165) is 24.1 Å². The number of likely N-dealkylation sites (tertiary alicyclic amines) is 1. The SMILES string of the molecule is NC(=S)c1cc(Cl)cc(Br)c1OCCN1CCCCC1. The van der Waals surface area contributed by atoms with Crippen molar-refractivity contribution in [2.45, 2.75) is 19.3 Å². The summed E-state index contributed by atoms with van der Waals surface area (Å²) in [5.74, 6) is 0.680. The van der Waals surface area contributed by atoms with E-state index in [1.54, 1.807) is 12.1 Å². The van der Waals surface area contributed by atoms with Crippen LogP contribution in [0.3, 0.4) is 0 Å². The summed E-state index contributed by atoms with van der Waals surface area (Å²) in [6.07, 6.45) is 3.90. The summed E-state index contributed by atoms with van der Waals surface area (Å²) in [5, 5.41) is 0.586. The first kappa shape index (κ1) is 16.0. The normalized spacial score (nSPS) is 16.1. The maximum atomic E-state index is 6.01. The number of ether oxygens (including phenoxy) is 1. The first-order chi connectivity index (χ1) is 9.58. The van der Waals surface area contributed by atoms with Gasteiger partial charge in [-0.25, -0.2) is 0 Å². The fourth-order valence-corrected chi connectivity index (χ4v) is 3.43. The highest BCUT2D eigenvalue weighted by molar-refractivity contribution is 9.10. The summed E-state index contributed by atoms with van der Waals surface area (Å²) in [6, 6.07) is 3.53. The molecule has 1 heterocycles. The molecular weight excluding hydrogens is 360 g/mol. The molecule has 1 aromatic rings. The molecule has 0 bridgehead atoms. The summed E-state index contributed by atoms with van der Waals surface area (Å²) in [6.45, 7) is 3.86. The van der Waals surface area contributed by atoms with E-state index < -0.39 is 0 Å². The average Bonchev–Trinajstić information content (AvgIpc) is 2.41. The molecule has 0 aromatic heterocycles. The van der Waals surface area contributed by atoms with Crippen LogP contribution in [0.4, 0.5) is 0 Å². The van der Waals surface area contributed by atoms with Crippen LogP contribution in [0.15, 0.2) is 16.6 Å². The first-order valence-corrected chi connectivity index (χ1v) is 8.30. The van der Waals surface area contributed by atoms with Crippen LogP contribution in [0, 0.1) is 0 Å². The second-order valence-electron chi connectivity index (χ2n) is 4.88. The Morgan fingerprint density at radius 2 is 2.05 bits per heavy atom. The molecule has 110 valence electrons. The molecule has 0 spiro atoms. The fraction of sp³-hybridized carbons (Fsp3) is 0.500. The van der Waals surface area contributed by atoms with E-state index in [2.05, 4.69) is 20.8 Å². The highest BCUT2D eigenvalue weighted by atomic mass is 79.9. The van der Waals surface area contributed by atoms with Gasteiger partial charge in [0.25, 0.3) is 0 Å².